The second-order valence-electron chi connectivity index (χ2n) is 3.45. The molecule has 2 N–H and O–H groups in total. The third-order valence-corrected chi connectivity index (χ3v) is 3.10. The van der Waals surface area contributed by atoms with Crippen LogP contribution in [0.1, 0.15) is 20.8 Å². The SMILES string of the molecule is CCN(CC(C)(C)O)S(=O)(=O)NC. The second-order valence-corrected chi connectivity index (χ2v) is 5.32. The van der Waals surface area contributed by atoms with E-state index in [1.54, 1.807) is 20.8 Å². The van der Waals surface area contributed by atoms with E-state index in [0.29, 0.717) is 6.54 Å². The van der Waals surface area contributed by atoms with Gasteiger partial charge in [0.1, 0.15) is 0 Å². The third-order valence-electron chi connectivity index (χ3n) is 1.51. The highest BCUT2D eigenvalue weighted by Gasteiger charge is 2.25. The molecule has 0 spiro atoms. The highest BCUT2D eigenvalue weighted by Crippen LogP contribution is 2.07. The average Bonchev–Trinajstić information content (AvgIpc) is 1.98. The van der Waals surface area contributed by atoms with Crippen molar-refractivity contribution in [2.75, 3.05) is 20.1 Å². The minimum Gasteiger partial charge on any atom is -0.389 e. The smallest absolute Gasteiger partial charge is 0.279 e. The van der Waals surface area contributed by atoms with E-state index in [-0.39, 0.29) is 6.54 Å². The number of nitrogens with zero attached hydrogens (tertiary/aromatic N) is 1. The molecule has 6 heteroatoms. The topological polar surface area (TPSA) is 69.6 Å². The van der Waals surface area contributed by atoms with Crippen molar-refractivity contribution in [2.24, 2.45) is 0 Å². The number of nitrogens with one attached hydrogen (secondary N) is 1. The van der Waals surface area contributed by atoms with Crippen molar-refractivity contribution in [1.82, 2.24) is 9.03 Å². The lowest BCUT2D eigenvalue weighted by molar-refractivity contribution is 0.0599. The maximum Gasteiger partial charge on any atom is 0.279 e. The lowest BCUT2D eigenvalue weighted by Gasteiger charge is -2.26. The quantitative estimate of drug-likeness (QED) is 0.645. The first-order valence-corrected chi connectivity index (χ1v) is 5.58. The van der Waals surface area contributed by atoms with Gasteiger partial charge in [-0.2, -0.15) is 12.7 Å². The summed E-state index contributed by atoms with van der Waals surface area (Å²) in [7, 11) is -2.07. The maximum absolute atomic E-state index is 11.3. The molecule has 0 atom stereocenters. The van der Waals surface area contributed by atoms with Gasteiger partial charge >= 0.3 is 0 Å². The molecule has 0 aliphatic rings. The summed E-state index contributed by atoms with van der Waals surface area (Å²) >= 11 is 0. The molecule has 0 aromatic heterocycles. The number of hydrogen-bond acceptors (Lipinski definition) is 3. The van der Waals surface area contributed by atoms with Crippen LogP contribution in [0.25, 0.3) is 0 Å². The van der Waals surface area contributed by atoms with Gasteiger partial charge in [0, 0.05) is 20.1 Å². The van der Waals surface area contributed by atoms with Gasteiger partial charge in [-0.3, -0.25) is 0 Å². The highest BCUT2D eigenvalue weighted by molar-refractivity contribution is 7.87. The Bertz CT molecular complexity index is 243. The fourth-order valence-corrected chi connectivity index (χ4v) is 2.01. The van der Waals surface area contributed by atoms with E-state index in [9.17, 15) is 13.5 Å². The Morgan fingerprint density at radius 2 is 1.92 bits per heavy atom. The molecular weight excluding hydrogens is 192 g/mol. The Balaban J connectivity index is 4.55. The average molecular weight is 210 g/mol. The van der Waals surface area contributed by atoms with Gasteiger partial charge in [0.25, 0.3) is 10.2 Å². The normalized spacial score (nSPS) is 13.7. The van der Waals surface area contributed by atoms with Gasteiger partial charge in [-0.25, -0.2) is 4.72 Å². The summed E-state index contributed by atoms with van der Waals surface area (Å²) in [5.41, 5.74) is -1.01. The molecule has 0 aliphatic carbocycles. The molecular formula is C7H18N2O3S. The van der Waals surface area contributed by atoms with Crippen molar-refractivity contribution in [3.8, 4) is 0 Å². The molecule has 0 aromatic rings. The molecule has 13 heavy (non-hydrogen) atoms. The molecule has 0 saturated carbocycles. The largest absolute Gasteiger partial charge is 0.389 e. The molecule has 0 rings (SSSR count). The van der Waals surface area contributed by atoms with Crippen LogP contribution in [0.5, 0.6) is 0 Å². The van der Waals surface area contributed by atoms with Gasteiger partial charge in [-0.05, 0) is 13.8 Å². The first-order valence-electron chi connectivity index (χ1n) is 4.14. The summed E-state index contributed by atoms with van der Waals surface area (Å²) in [6.45, 7) is 5.29. The van der Waals surface area contributed by atoms with Crippen LogP contribution in [0.15, 0.2) is 0 Å². The standard InChI is InChI=1S/C7H18N2O3S/c1-5-9(6-7(2,3)10)13(11,12)8-4/h8,10H,5-6H2,1-4H3. The van der Waals surface area contributed by atoms with Gasteiger partial charge in [0.05, 0.1) is 5.60 Å². The van der Waals surface area contributed by atoms with Crippen molar-refractivity contribution in [1.29, 1.82) is 0 Å². The Morgan fingerprint density at radius 3 is 2.15 bits per heavy atom. The van der Waals surface area contributed by atoms with Gasteiger partial charge in [-0.1, -0.05) is 6.92 Å². The van der Waals surface area contributed by atoms with E-state index in [2.05, 4.69) is 4.72 Å². The van der Waals surface area contributed by atoms with Crippen LogP contribution >= 0.6 is 0 Å². The fraction of sp³-hybridized carbons (Fsp3) is 1.00. The Kier molecular flexibility index (Phi) is 4.31. The van der Waals surface area contributed by atoms with E-state index in [4.69, 9.17) is 0 Å². The zero-order valence-electron chi connectivity index (χ0n) is 8.53. The molecule has 0 bridgehead atoms. The summed E-state index contributed by atoms with van der Waals surface area (Å²) in [5.74, 6) is 0. The van der Waals surface area contributed by atoms with Crippen molar-refractivity contribution < 1.29 is 13.5 Å². The predicted molar refractivity (Wildman–Crippen MR) is 51.5 cm³/mol. The Morgan fingerprint density at radius 1 is 1.46 bits per heavy atom. The van der Waals surface area contributed by atoms with E-state index >= 15 is 0 Å². The molecule has 5 nitrogen and oxygen atoms in total. The van der Waals surface area contributed by atoms with E-state index < -0.39 is 15.8 Å². The molecule has 0 amide bonds. The molecule has 0 radical (unpaired) electrons. The zero-order chi connectivity index (χ0) is 10.7. The molecule has 0 unspecified atom stereocenters. The second kappa shape index (κ2) is 4.36. The molecule has 0 saturated heterocycles. The molecule has 0 fully saturated rings. The summed E-state index contributed by atoms with van der Waals surface area (Å²) in [6.07, 6.45) is 0. The monoisotopic (exact) mass is 210 g/mol. The number of likely N-dealkylation sites (N-methyl/N-ethyl adjacent to an activating group) is 1. The van der Waals surface area contributed by atoms with Crippen molar-refractivity contribution in [3.63, 3.8) is 0 Å². The minimum atomic E-state index is -3.42. The number of aliphatic hydroxyl groups is 1. The Labute approximate surface area is 79.9 Å². The van der Waals surface area contributed by atoms with E-state index in [1.165, 1.54) is 11.4 Å². The van der Waals surface area contributed by atoms with Crippen LogP contribution in [0.2, 0.25) is 0 Å². The van der Waals surface area contributed by atoms with Crippen molar-refractivity contribution in [2.45, 2.75) is 26.4 Å². The van der Waals surface area contributed by atoms with Gasteiger partial charge in [-0.15, -0.1) is 0 Å². The predicted octanol–water partition coefficient (Wildman–Crippen LogP) is -0.457. The van der Waals surface area contributed by atoms with Crippen LogP contribution in [-0.4, -0.2) is 43.6 Å². The van der Waals surface area contributed by atoms with Crippen LogP contribution in [0.3, 0.4) is 0 Å². The first-order chi connectivity index (χ1) is 5.73. The van der Waals surface area contributed by atoms with Crippen LogP contribution < -0.4 is 4.72 Å². The van der Waals surface area contributed by atoms with Crippen LogP contribution in [0.4, 0.5) is 0 Å². The van der Waals surface area contributed by atoms with E-state index in [0.717, 1.165) is 0 Å². The number of hydrogen-bond donors (Lipinski definition) is 2. The summed E-state index contributed by atoms with van der Waals surface area (Å²) in [6, 6.07) is 0. The maximum atomic E-state index is 11.3. The summed E-state index contributed by atoms with van der Waals surface area (Å²) in [5, 5.41) is 9.44. The van der Waals surface area contributed by atoms with Gasteiger partial charge in [0.15, 0.2) is 0 Å². The zero-order valence-corrected chi connectivity index (χ0v) is 9.35. The fourth-order valence-electron chi connectivity index (χ4n) is 0.927. The summed E-state index contributed by atoms with van der Waals surface area (Å²) < 4.78 is 26.0. The number of rotatable bonds is 5. The van der Waals surface area contributed by atoms with Crippen molar-refractivity contribution in [3.05, 3.63) is 0 Å². The van der Waals surface area contributed by atoms with Crippen LogP contribution in [-0.2, 0) is 10.2 Å². The Hall–Kier alpha value is -0.170. The molecule has 0 aromatic carbocycles. The van der Waals surface area contributed by atoms with E-state index in [1.807, 2.05) is 0 Å². The molecule has 0 aliphatic heterocycles. The lowest BCUT2D eigenvalue weighted by atomic mass is 10.1. The van der Waals surface area contributed by atoms with Gasteiger partial charge in [0.2, 0.25) is 0 Å². The molecule has 0 heterocycles. The van der Waals surface area contributed by atoms with Gasteiger partial charge < -0.3 is 5.11 Å². The first kappa shape index (κ1) is 12.8. The summed E-state index contributed by atoms with van der Waals surface area (Å²) in [4.78, 5) is 0. The van der Waals surface area contributed by atoms with Crippen LogP contribution in [0, 0.1) is 0 Å². The third kappa shape index (κ3) is 4.56. The minimum absolute atomic E-state index is 0.0900. The molecule has 80 valence electrons. The lowest BCUT2D eigenvalue weighted by Crippen LogP contribution is -2.46. The highest BCUT2D eigenvalue weighted by atomic mass is 32.2. The van der Waals surface area contributed by atoms with Crippen molar-refractivity contribution >= 4 is 10.2 Å².